The maximum Gasteiger partial charge on any atom is 0.335 e. The number of hydrogen-bond acceptors (Lipinski definition) is 2. The van der Waals surface area contributed by atoms with E-state index in [1.807, 2.05) is 0 Å². The summed E-state index contributed by atoms with van der Waals surface area (Å²) >= 11 is 0. The Morgan fingerprint density at radius 1 is 1.05 bits per heavy atom. The molecule has 2 N–H and O–H groups in total. The van der Waals surface area contributed by atoms with Gasteiger partial charge in [-0.05, 0) is 48.7 Å². The van der Waals surface area contributed by atoms with Gasteiger partial charge in [0.25, 0.3) is 0 Å². The summed E-state index contributed by atoms with van der Waals surface area (Å²) in [4.78, 5) is 10.2. The Hall–Kier alpha value is -2.29. The molecule has 0 amide bonds. The van der Waals surface area contributed by atoms with Crippen molar-refractivity contribution < 1.29 is 15.0 Å². The lowest BCUT2D eigenvalue weighted by Gasteiger charge is -1.98. The molecule has 0 fully saturated rings. The molecule has 0 aliphatic rings. The fourth-order valence-electron chi connectivity index (χ4n) is 1.61. The van der Waals surface area contributed by atoms with Crippen LogP contribution in [0.15, 0.2) is 48.5 Å². The van der Waals surface area contributed by atoms with Crippen molar-refractivity contribution in [1.29, 1.82) is 0 Å². The lowest BCUT2D eigenvalue weighted by molar-refractivity contribution is 0.0697. The number of phenolic OH excluding ortho intramolecular Hbond substituents is 1. The zero-order valence-electron chi connectivity index (χ0n) is 11.1. The molecule has 100 valence electrons. The van der Waals surface area contributed by atoms with Crippen LogP contribution >= 0.6 is 0 Å². The zero-order valence-corrected chi connectivity index (χ0v) is 11.1. The minimum Gasteiger partial charge on any atom is -0.508 e. The number of benzene rings is 2. The van der Waals surface area contributed by atoms with Gasteiger partial charge in [-0.15, -0.1) is 0 Å². The van der Waals surface area contributed by atoms with Gasteiger partial charge in [-0.3, -0.25) is 0 Å². The van der Waals surface area contributed by atoms with Crippen LogP contribution in [0.5, 0.6) is 5.75 Å². The summed E-state index contributed by atoms with van der Waals surface area (Å²) in [6.45, 7) is 4.33. The van der Waals surface area contributed by atoms with Crippen LogP contribution in [0.1, 0.15) is 28.4 Å². The molecular weight excluding hydrogens is 240 g/mol. The van der Waals surface area contributed by atoms with Crippen LogP contribution in [-0.2, 0) is 6.42 Å². The van der Waals surface area contributed by atoms with E-state index >= 15 is 0 Å². The molecule has 0 aliphatic heterocycles. The summed E-state index contributed by atoms with van der Waals surface area (Å²) in [7, 11) is 0. The van der Waals surface area contributed by atoms with E-state index in [0.717, 1.165) is 6.42 Å². The number of aromatic hydroxyl groups is 1. The fraction of sp³-hybridized carbons (Fsp3) is 0.188. The average Bonchev–Trinajstić information content (AvgIpc) is 2.40. The number of aryl methyl sites for hydroxylation is 2. The largest absolute Gasteiger partial charge is 0.508 e. The second-order valence-electron chi connectivity index (χ2n) is 4.13. The molecule has 19 heavy (non-hydrogen) atoms. The highest BCUT2D eigenvalue weighted by molar-refractivity contribution is 5.87. The Morgan fingerprint density at radius 3 is 2.05 bits per heavy atom. The number of hydrogen-bond donors (Lipinski definition) is 2. The van der Waals surface area contributed by atoms with E-state index in [1.54, 1.807) is 0 Å². The van der Waals surface area contributed by atoms with E-state index in [2.05, 4.69) is 38.1 Å². The van der Waals surface area contributed by atoms with Gasteiger partial charge in [-0.2, -0.15) is 0 Å². The predicted octanol–water partition coefficient (Wildman–Crippen LogP) is 3.65. The Morgan fingerprint density at radius 2 is 1.63 bits per heavy atom. The van der Waals surface area contributed by atoms with Gasteiger partial charge < -0.3 is 10.2 Å². The molecule has 0 bridgehead atoms. The van der Waals surface area contributed by atoms with Gasteiger partial charge in [-0.25, -0.2) is 4.79 Å². The molecule has 0 atom stereocenters. The van der Waals surface area contributed by atoms with Crippen LogP contribution in [0.3, 0.4) is 0 Å². The maximum absolute atomic E-state index is 10.2. The predicted molar refractivity (Wildman–Crippen MR) is 75.6 cm³/mol. The lowest BCUT2D eigenvalue weighted by Crippen LogP contribution is -1.93. The second-order valence-corrected chi connectivity index (χ2v) is 4.13. The molecule has 3 heteroatoms. The van der Waals surface area contributed by atoms with E-state index in [0.29, 0.717) is 0 Å². The van der Waals surface area contributed by atoms with Gasteiger partial charge >= 0.3 is 5.97 Å². The van der Waals surface area contributed by atoms with Gasteiger partial charge in [0.15, 0.2) is 0 Å². The Balaban J connectivity index is 0.000000191. The van der Waals surface area contributed by atoms with Gasteiger partial charge in [-0.1, -0.05) is 31.2 Å². The Bertz CT molecular complexity index is 530. The molecule has 2 aromatic carbocycles. The summed E-state index contributed by atoms with van der Waals surface area (Å²) in [5, 5.41) is 17.1. The molecule has 0 aliphatic carbocycles. The fourth-order valence-corrected chi connectivity index (χ4v) is 1.61. The van der Waals surface area contributed by atoms with E-state index in [4.69, 9.17) is 10.2 Å². The third-order valence-electron chi connectivity index (χ3n) is 2.76. The van der Waals surface area contributed by atoms with Crippen molar-refractivity contribution in [2.45, 2.75) is 20.3 Å². The summed E-state index contributed by atoms with van der Waals surface area (Å²) in [5.41, 5.74) is 3.04. The minimum atomic E-state index is -0.986. The van der Waals surface area contributed by atoms with Gasteiger partial charge in [0.1, 0.15) is 5.75 Å². The van der Waals surface area contributed by atoms with Crippen LogP contribution in [-0.4, -0.2) is 16.2 Å². The van der Waals surface area contributed by atoms with Crippen molar-refractivity contribution in [3.63, 3.8) is 0 Å². The van der Waals surface area contributed by atoms with Crippen molar-refractivity contribution in [2.24, 2.45) is 0 Å². The molecule has 0 aromatic heterocycles. The summed E-state index contributed by atoms with van der Waals surface area (Å²) in [6.07, 6.45) is 1.15. The molecular formula is C16H18O3. The van der Waals surface area contributed by atoms with E-state index in [9.17, 15) is 4.79 Å². The van der Waals surface area contributed by atoms with Crippen molar-refractivity contribution in [3.8, 4) is 5.75 Å². The van der Waals surface area contributed by atoms with Crippen LogP contribution in [0.25, 0.3) is 0 Å². The number of rotatable bonds is 2. The highest BCUT2D eigenvalue weighted by Crippen LogP contribution is 2.08. The number of phenols is 1. The smallest absolute Gasteiger partial charge is 0.335 e. The summed E-state index contributed by atoms with van der Waals surface area (Å²) in [6, 6.07) is 13.9. The standard InChI is InChI=1S/C9H12.C7H6O3/c1-3-9-7-5-4-6-8(9)2;8-6-3-1-5(2-4-6)7(9)10/h4-7H,3H2,1-2H3;1-4,8H,(H,9,10). The van der Waals surface area contributed by atoms with Crippen molar-refractivity contribution in [3.05, 3.63) is 65.2 Å². The topological polar surface area (TPSA) is 57.5 Å². The number of aromatic carboxylic acids is 1. The number of carbonyl (C=O) groups is 1. The van der Waals surface area contributed by atoms with Crippen LogP contribution in [0.2, 0.25) is 0 Å². The van der Waals surface area contributed by atoms with Crippen LogP contribution < -0.4 is 0 Å². The number of carboxylic acid groups (broad SMARTS) is 1. The van der Waals surface area contributed by atoms with Gasteiger partial charge in [0, 0.05) is 0 Å². The normalized spacial score (nSPS) is 9.37. The molecule has 0 saturated carbocycles. The Kier molecular flexibility index (Phi) is 5.61. The number of carboxylic acids is 1. The van der Waals surface area contributed by atoms with E-state index in [1.165, 1.54) is 35.4 Å². The quantitative estimate of drug-likeness (QED) is 0.864. The third-order valence-corrected chi connectivity index (χ3v) is 2.76. The average molecular weight is 258 g/mol. The molecule has 0 heterocycles. The monoisotopic (exact) mass is 258 g/mol. The first-order valence-corrected chi connectivity index (χ1v) is 6.11. The van der Waals surface area contributed by atoms with Crippen LogP contribution in [0.4, 0.5) is 0 Å². The molecule has 0 spiro atoms. The first-order valence-electron chi connectivity index (χ1n) is 6.11. The molecule has 2 rings (SSSR count). The van der Waals surface area contributed by atoms with Gasteiger partial charge in [0.2, 0.25) is 0 Å². The maximum atomic E-state index is 10.2. The first-order chi connectivity index (χ1) is 9.04. The molecule has 2 aromatic rings. The Labute approximate surface area is 113 Å². The lowest BCUT2D eigenvalue weighted by atomic mass is 10.1. The summed E-state index contributed by atoms with van der Waals surface area (Å²) < 4.78 is 0. The second kappa shape index (κ2) is 7.21. The van der Waals surface area contributed by atoms with Crippen molar-refractivity contribution in [2.75, 3.05) is 0 Å². The minimum absolute atomic E-state index is 0.0741. The summed E-state index contributed by atoms with van der Waals surface area (Å²) in [5.74, 6) is -0.912. The molecule has 0 radical (unpaired) electrons. The highest BCUT2D eigenvalue weighted by atomic mass is 16.4. The SMILES string of the molecule is CCc1ccccc1C.O=C(O)c1ccc(O)cc1. The third kappa shape index (κ3) is 4.84. The van der Waals surface area contributed by atoms with E-state index < -0.39 is 5.97 Å². The highest BCUT2D eigenvalue weighted by Gasteiger charge is 1.99. The van der Waals surface area contributed by atoms with Gasteiger partial charge in [0.05, 0.1) is 5.56 Å². The van der Waals surface area contributed by atoms with Crippen molar-refractivity contribution >= 4 is 5.97 Å². The van der Waals surface area contributed by atoms with Crippen molar-refractivity contribution in [1.82, 2.24) is 0 Å². The first kappa shape index (κ1) is 14.8. The molecule has 0 saturated heterocycles. The van der Waals surface area contributed by atoms with E-state index in [-0.39, 0.29) is 11.3 Å². The molecule has 0 unspecified atom stereocenters. The zero-order chi connectivity index (χ0) is 14.3. The van der Waals surface area contributed by atoms with Crippen LogP contribution in [0, 0.1) is 6.92 Å². The molecule has 3 nitrogen and oxygen atoms in total.